The zero-order chi connectivity index (χ0) is 18.9. The molecule has 0 saturated carbocycles. The van der Waals surface area contributed by atoms with Crippen molar-refractivity contribution in [1.29, 1.82) is 0 Å². The van der Waals surface area contributed by atoms with Crippen LogP contribution in [0.25, 0.3) is 0 Å². The van der Waals surface area contributed by atoms with Gasteiger partial charge in [0.1, 0.15) is 6.04 Å². The second kappa shape index (κ2) is 7.07. The molecule has 0 amide bonds. The first-order valence-corrected chi connectivity index (χ1v) is 8.37. The van der Waals surface area contributed by atoms with Gasteiger partial charge in [0.25, 0.3) is 0 Å². The van der Waals surface area contributed by atoms with Crippen molar-refractivity contribution in [1.82, 2.24) is 9.88 Å². The van der Waals surface area contributed by atoms with Crippen LogP contribution < -0.4 is 0 Å². The summed E-state index contributed by atoms with van der Waals surface area (Å²) in [5.74, 6) is -1.02. The van der Waals surface area contributed by atoms with Crippen molar-refractivity contribution in [2.45, 2.75) is 38.0 Å². The van der Waals surface area contributed by atoms with Gasteiger partial charge in [-0.3, -0.25) is 14.7 Å². The molecule has 4 nitrogen and oxygen atoms in total. The van der Waals surface area contributed by atoms with Gasteiger partial charge in [0.15, 0.2) is 0 Å². The average molecular weight is 364 g/mol. The Morgan fingerprint density at radius 2 is 1.96 bits per heavy atom. The lowest BCUT2D eigenvalue weighted by Crippen LogP contribution is -2.40. The molecule has 0 aliphatic carbocycles. The van der Waals surface area contributed by atoms with Crippen molar-refractivity contribution in [2.75, 3.05) is 6.54 Å². The topological polar surface area (TPSA) is 53.4 Å². The molecule has 1 aromatic carbocycles. The van der Waals surface area contributed by atoms with Crippen molar-refractivity contribution in [3.8, 4) is 0 Å². The zero-order valence-electron chi connectivity index (χ0n) is 14.2. The van der Waals surface area contributed by atoms with E-state index in [4.69, 9.17) is 0 Å². The van der Waals surface area contributed by atoms with Crippen LogP contribution in [0.15, 0.2) is 42.5 Å². The number of aromatic nitrogens is 1. The molecule has 3 rings (SSSR count). The molecule has 0 radical (unpaired) electrons. The lowest BCUT2D eigenvalue weighted by Gasteiger charge is -2.32. The highest BCUT2D eigenvalue weighted by Crippen LogP contribution is 2.41. The number of halogens is 3. The number of rotatable bonds is 4. The van der Waals surface area contributed by atoms with Crippen molar-refractivity contribution in [3.63, 3.8) is 0 Å². The van der Waals surface area contributed by atoms with E-state index in [2.05, 4.69) is 4.98 Å². The molecule has 0 spiro atoms. The van der Waals surface area contributed by atoms with E-state index in [9.17, 15) is 23.1 Å². The molecule has 1 saturated heterocycles. The first-order chi connectivity index (χ1) is 12.3. The van der Waals surface area contributed by atoms with Crippen molar-refractivity contribution >= 4 is 5.97 Å². The van der Waals surface area contributed by atoms with Crippen LogP contribution in [0.2, 0.25) is 0 Å². The fraction of sp³-hybridized carbons (Fsp3) is 0.368. The molecule has 1 aliphatic rings. The predicted octanol–water partition coefficient (Wildman–Crippen LogP) is 4.05. The molecule has 1 aliphatic heterocycles. The maximum absolute atomic E-state index is 13.6. The number of hydrogen-bond donors (Lipinski definition) is 1. The third-order valence-electron chi connectivity index (χ3n) is 4.66. The van der Waals surface area contributed by atoms with Gasteiger partial charge in [-0.1, -0.05) is 24.3 Å². The Kier molecular flexibility index (Phi) is 5.00. The molecule has 1 N–H and O–H groups in total. The van der Waals surface area contributed by atoms with Gasteiger partial charge < -0.3 is 5.11 Å². The molecule has 1 fully saturated rings. The summed E-state index contributed by atoms with van der Waals surface area (Å²) in [6.07, 6.45) is -3.50. The van der Waals surface area contributed by atoms with Gasteiger partial charge in [0.2, 0.25) is 0 Å². The number of likely N-dealkylation sites (tertiary alicyclic amines) is 1. The summed E-state index contributed by atoms with van der Waals surface area (Å²) in [4.78, 5) is 17.7. The van der Waals surface area contributed by atoms with Crippen LogP contribution >= 0.6 is 0 Å². The van der Waals surface area contributed by atoms with E-state index in [1.54, 1.807) is 36.1 Å². The van der Waals surface area contributed by atoms with Crippen LogP contribution in [0.1, 0.15) is 41.4 Å². The first kappa shape index (κ1) is 18.4. The Morgan fingerprint density at radius 3 is 2.62 bits per heavy atom. The highest BCUT2D eigenvalue weighted by molar-refractivity contribution is 5.74. The Hall–Kier alpha value is -2.41. The highest BCUT2D eigenvalue weighted by Gasteiger charge is 2.42. The maximum atomic E-state index is 13.6. The van der Waals surface area contributed by atoms with Gasteiger partial charge in [-0.15, -0.1) is 0 Å². The van der Waals surface area contributed by atoms with E-state index in [0.717, 1.165) is 6.07 Å². The molecule has 0 bridgehead atoms. The lowest BCUT2D eigenvalue weighted by atomic mass is 9.95. The van der Waals surface area contributed by atoms with E-state index in [-0.39, 0.29) is 5.56 Å². The van der Waals surface area contributed by atoms with Gasteiger partial charge in [0, 0.05) is 12.2 Å². The summed E-state index contributed by atoms with van der Waals surface area (Å²) in [7, 11) is 0. The molecule has 2 heterocycles. The monoisotopic (exact) mass is 364 g/mol. The van der Waals surface area contributed by atoms with E-state index in [1.165, 1.54) is 12.1 Å². The Balaban J connectivity index is 2.18. The normalized spacial score (nSPS) is 19.5. The molecular weight excluding hydrogens is 345 g/mol. The summed E-state index contributed by atoms with van der Waals surface area (Å²) in [5.41, 5.74) is 0.369. The Morgan fingerprint density at radius 1 is 1.23 bits per heavy atom. The largest absolute Gasteiger partial charge is 0.480 e. The predicted molar refractivity (Wildman–Crippen MR) is 89.6 cm³/mol. The number of aliphatic carboxylic acids is 1. The van der Waals surface area contributed by atoms with E-state index < -0.39 is 29.8 Å². The number of nitrogens with zero attached hydrogens (tertiary/aromatic N) is 2. The van der Waals surface area contributed by atoms with Crippen molar-refractivity contribution in [3.05, 3.63) is 65.0 Å². The fourth-order valence-corrected chi connectivity index (χ4v) is 3.58. The molecule has 2 aromatic rings. The number of alkyl halides is 3. The number of hydrogen-bond acceptors (Lipinski definition) is 3. The Bertz CT molecular complexity index is 807. The number of benzene rings is 1. The standard InChI is InChI=1S/C19H19F3N2O2/c1-12-6-4-9-15(23-12)17(24-11-5-10-16(24)18(25)26)13-7-2-3-8-14(13)19(20,21)22/h2-4,6-9,16-17H,5,10-11H2,1H3,(H,25,26). The molecule has 138 valence electrons. The number of aryl methyl sites for hydroxylation is 1. The van der Waals surface area contributed by atoms with Crippen LogP contribution in [0.4, 0.5) is 13.2 Å². The molecule has 1 aromatic heterocycles. The number of carbonyl (C=O) groups is 1. The summed E-state index contributed by atoms with van der Waals surface area (Å²) in [6, 6.07) is 8.77. The SMILES string of the molecule is Cc1cccc(C(c2ccccc2C(F)(F)F)N2CCCC2C(=O)O)n1. The van der Waals surface area contributed by atoms with Crippen LogP contribution in [-0.2, 0) is 11.0 Å². The second-order valence-electron chi connectivity index (χ2n) is 6.43. The van der Waals surface area contributed by atoms with Crippen LogP contribution in [0.5, 0.6) is 0 Å². The third-order valence-corrected chi connectivity index (χ3v) is 4.66. The number of pyridine rings is 1. The van der Waals surface area contributed by atoms with Crippen LogP contribution in [0, 0.1) is 6.92 Å². The second-order valence-corrected chi connectivity index (χ2v) is 6.43. The zero-order valence-corrected chi connectivity index (χ0v) is 14.2. The Labute approximate surface area is 149 Å². The number of carboxylic acid groups (broad SMARTS) is 1. The van der Waals surface area contributed by atoms with Crippen LogP contribution in [0.3, 0.4) is 0 Å². The minimum atomic E-state index is -4.53. The van der Waals surface area contributed by atoms with Crippen LogP contribution in [-0.4, -0.2) is 33.5 Å². The molecule has 26 heavy (non-hydrogen) atoms. The smallest absolute Gasteiger partial charge is 0.416 e. The molecule has 2 atom stereocenters. The van der Waals surface area contributed by atoms with E-state index >= 15 is 0 Å². The maximum Gasteiger partial charge on any atom is 0.416 e. The van der Waals surface area contributed by atoms with Gasteiger partial charge in [-0.25, -0.2) is 0 Å². The van der Waals surface area contributed by atoms with Crippen molar-refractivity contribution < 1.29 is 23.1 Å². The average Bonchev–Trinajstić information content (AvgIpc) is 3.04. The van der Waals surface area contributed by atoms with Gasteiger partial charge in [0.05, 0.1) is 17.3 Å². The van der Waals surface area contributed by atoms with Gasteiger partial charge in [-0.2, -0.15) is 13.2 Å². The lowest BCUT2D eigenvalue weighted by molar-refractivity contribution is -0.143. The molecule has 7 heteroatoms. The summed E-state index contributed by atoms with van der Waals surface area (Å²) < 4.78 is 40.8. The van der Waals surface area contributed by atoms with E-state index in [1.807, 2.05) is 0 Å². The fourth-order valence-electron chi connectivity index (χ4n) is 3.58. The van der Waals surface area contributed by atoms with E-state index in [0.29, 0.717) is 30.8 Å². The summed E-state index contributed by atoms with van der Waals surface area (Å²) >= 11 is 0. The number of carboxylic acids is 1. The van der Waals surface area contributed by atoms with Crippen molar-refractivity contribution in [2.24, 2.45) is 0 Å². The molecular formula is C19H19F3N2O2. The quantitative estimate of drug-likeness (QED) is 0.889. The third kappa shape index (κ3) is 3.58. The minimum Gasteiger partial charge on any atom is -0.480 e. The summed E-state index contributed by atoms with van der Waals surface area (Å²) in [6.45, 7) is 2.17. The summed E-state index contributed by atoms with van der Waals surface area (Å²) in [5, 5.41) is 9.53. The molecule has 2 unspecified atom stereocenters. The first-order valence-electron chi connectivity index (χ1n) is 8.37. The highest BCUT2D eigenvalue weighted by atomic mass is 19.4. The van der Waals surface area contributed by atoms with Gasteiger partial charge >= 0.3 is 12.1 Å². The minimum absolute atomic E-state index is 0.0336. The van der Waals surface area contributed by atoms with Gasteiger partial charge in [-0.05, 0) is 43.5 Å².